The number of rotatable bonds is 7. The zero-order valence-corrected chi connectivity index (χ0v) is 20.7. The van der Waals surface area contributed by atoms with Crippen LogP contribution < -0.4 is 15.0 Å². The summed E-state index contributed by atoms with van der Waals surface area (Å²) in [5.74, 6) is 2.33. The first kappa shape index (κ1) is 22.7. The van der Waals surface area contributed by atoms with Gasteiger partial charge in [-0.2, -0.15) is 0 Å². The number of H-pyrrole nitrogens is 1. The van der Waals surface area contributed by atoms with Crippen molar-refractivity contribution in [3.8, 4) is 11.5 Å². The predicted octanol–water partition coefficient (Wildman–Crippen LogP) is 4.18. The standard InChI is InChI=1S/C27H30N6O3/c1-17-7-9-20-12-21(27(34)28-26(20)18(17)2)14-32(13-19-8-10-23-24(11-19)36-16-35-23)15-25-29-30-31-33(25)22-5-3-4-6-22/h7-12,22H,3-6,13-16H2,1-2H3,(H,28,34). The molecule has 0 amide bonds. The van der Waals surface area contributed by atoms with Gasteiger partial charge in [0.05, 0.1) is 18.1 Å². The number of aromatic nitrogens is 5. The highest BCUT2D eigenvalue weighted by Gasteiger charge is 2.24. The number of hydrogen-bond acceptors (Lipinski definition) is 7. The molecular weight excluding hydrogens is 456 g/mol. The summed E-state index contributed by atoms with van der Waals surface area (Å²) in [7, 11) is 0. The van der Waals surface area contributed by atoms with Crippen LogP contribution in [-0.2, 0) is 19.6 Å². The summed E-state index contributed by atoms with van der Waals surface area (Å²) >= 11 is 0. The summed E-state index contributed by atoms with van der Waals surface area (Å²) in [5, 5.41) is 13.7. The predicted molar refractivity (Wildman–Crippen MR) is 135 cm³/mol. The first-order chi connectivity index (χ1) is 17.5. The third kappa shape index (κ3) is 4.35. The third-order valence-electron chi connectivity index (χ3n) is 7.46. The van der Waals surface area contributed by atoms with Gasteiger partial charge in [0, 0.05) is 18.7 Å². The van der Waals surface area contributed by atoms with Crippen molar-refractivity contribution in [2.24, 2.45) is 0 Å². The van der Waals surface area contributed by atoms with Crippen LogP contribution in [0.3, 0.4) is 0 Å². The molecular formula is C27H30N6O3. The fourth-order valence-electron chi connectivity index (χ4n) is 5.34. The maximum absolute atomic E-state index is 13.2. The minimum atomic E-state index is -0.0673. The van der Waals surface area contributed by atoms with Crippen molar-refractivity contribution in [3.63, 3.8) is 0 Å². The molecule has 0 bridgehead atoms. The molecule has 6 rings (SSSR count). The molecule has 36 heavy (non-hydrogen) atoms. The van der Waals surface area contributed by atoms with Crippen LogP contribution in [0.1, 0.15) is 59.8 Å². The largest absolute Gasteiger partial charge is 0.454 e. The Morgan fingerprint density at radius 2 is 1.86 bits per heavy atom. The van der Waals surface area contributed by atoms with Crippen molar-refractivity contribution in [2.75, 3.05) is 6.79 Å². The summed E-state index contributed by atoms with van der Waals surface area (Å²) in [6.07, 6.45) is 4.61. The van der Waals surface area contributed by atoms with Gasteiger partial charge in [-0.15, -0.1) is 5.10 Å². The second-order valence-corrected chi connectivity index (χ2v) is 9.91. The highest BCUT2D eigenvalue weighted by atomic mass is 16.7. The van der Waals surface area contributed by atoms with Gasteiger partial charge in [0.15, 0.2) is 17.3 Å². The maximum Gasteiger partial charge on any atom is 0.252 e. The lowest BCUT2D eigenvalue weighted by atomic mass is 10.0. The van der Waals surface area contributed by atoms with Crippen molar-refractivity contribution in [2.45, 2.75) is 65.2 Å². The molecule has 1 aliphatic carbocycles. The summed E-state index contributed by atoms with van der Waals surface area (Å²) in [6, 6.07) is 12.5. The number of fused-ring (bicyclic) bond motifs is 2. The van der Waals surface area contributed by atoms with Gasteiger partial charge in [0.25, 0.3) is 5.56 Å². The molecule has 3 heterocycles. The van der Waals surface area contributed by atoms with E-state index in [1.54, 1.807) is 0 Å². The van der Waals surface area contributed by atoms with Crippen molar-refractivity contribution in [1.82, 2.24) is 30.1 Å². The summed E-state index contributed by atoms with van der Waals surface area (Å²) in [6.45, 7) is 5.94. The van der Waals surface area contributed by atoms with Gasteiger partial charge < -0.3 is 14.5 Å². The number of aromatic amines is 1. The zero-order chi connectivity index (χ0) is 24.6. The SMILES string of the molecule is Cc1ccc2cc(CN(Cc3ccc4c(c3)OCO4)Cc3nnnn3C3CCCC3)c(=O)[nH]c2c1C. The molecule has 1 saturated carbocycles. The van der Waals surface area contributed by atoms with Crippen molar-refractivity contribution in [3.05, 3.63) is 74.8 Å². The maximum atomic E-state index is 13.2. The lowest BCUT2D eigenvalue weighted by Gasteiger charge is -2.23. The van der Waals surface area contributed by atoms with Gasteiger partial charge in [0.2, 0.25) is 6.79 Å². The van der Waals surface area contributed by atoms with Crippen LogP contribution in [0, 0.1) is 13.8 Å². The summed E-state index contributed by atoms with van der Waals surface area (Å²) in [5.41, 5.74) is 4.88. The number of ether oxygens (including phenoxy) is 2. The fourth-order valence-corrected chi connectivity index (χ4v) is 5.34. The van der Waals surface area contributed by atoms with Crippen LogP contribution in [0.5, 0.6) is 11.5 Å². The molecule has 0 atom stereocenters. The number of tetrazole rings is 1. The number of nitrogens with one attached hydrogen (secondary N) is 1. The quantitative estimate of drug-likeness (QED) is 0.418. The van der Waals surface area contributed by atoms with E-state index in [1.807, 2.05) is 35.9 Å². The molecule has 2 aliphatic rings. The molecule has 0 saturated heterocycles. The van der Waals surface area contributed by atoms with E-state index in [2.05, 4.69) is 44.5 Å². The second kappa shape index (κ2) is 9.39. The number of hydrogen-bond donors (Lipinski definition) is 1. The van der Waals surface area contributed by atoms with E-state index in [0.29, 0.717) is 31.2 Å². The molecule has 0 radical (unpaired) electrons. The highest BCUT2D eigenvalue weighted by Crippen LogP contribution is 2.33. The van der Waals surface area contributed by atoms with Gasteiger partial charge >= 0.3 is 0 Å². The second-order valence-electron chi connectivity index (χ2n) is 9.91. The minimum absolute atomic E-state index is 0.0673. The Morgan fingerprint density at radius 1 is 1.03 bits per heavy atom. The van der Waals surface area contributed by atoms with E-state index >= 15 is 0 Å². The lowest BCUT2D eigenvalue weighted by molar-refractivity contribution is 0.174. The van der Waals surface area contributed by atoms with Crippen LogP contribution in [0.4, 0.5) is 0 Å². The summed E-state index contributed by atoms with van der Waals surface area (Å²) in [4.78, 5) is 18.5. The Morgan fingerprint density at radius 3 is 2.72 bits per heavy atom. The topological polar surface area (TPSA) is 98.2 Å². The Hall–Kier alpha value is -3.72. The molecule has 1 fully saturated rings. The minimum Gasteiger partial charge on any atom is -0.454 e. The lowest BCUT2D eigenvalue weighted by Crippen LogP contribution is -2.28. The van der Waals surface area contributed by atoms with Gasteiger partial charge in [-0.25, -0.2) is 4.68 Å². The van der Waals surface area contributed by atoms with Gasteiger partial charge in [-0.05, 0) is 77.4 Å². The monoisotopic (exact) mass is 486 g/mol. The average Bonchev–Trinajstić information content (AvgIpc) is 3.64. The van der Waals surface area contributed by atoms with E-state index in [0.717, 1.165) is 57.8 Å². The van der Waals surface area contributed by atoms with Gasteiger partial charge in [0.1, 0.15) is 0 Å². The highest BCUT2D eigenvalue weighted by molar-refractivity contribution is 5.83. The van der Waals surface area contributed by atoms with Crippen LogP contribution in [-0.4, -0.2) is 36.9 Å². The van der Waals surface area contributed by atoms with E-state index in [-0.39, 0.29) is 12.4 Å². The average molecular weight is 487 g/mol. The molecule has 4 aromatic rings. The first-order valence-corrected chi connectivity index (χ1v) is 12.5. The fraction of sp³-hybridized carbons (Fsp3) is 0.407. The third-order valence-corrected chi connectivity index (χ3v) is 7.46. The van der Waals surface area contributed by atoms with Gasteiger partial charge in [-0.1, -0.05) is 31.0 Å². The molecule has 1 N–H and O–H groups in total. The Balaban J connectivity index is 1.33. The first-order valence-electron chi connectivity index (χ1n) is 12.5. The van der Waals surface area contributed by atoms with Crippen LogP contribution in [0.2, 0.25) is 0 Å². The molecule has 9 nitrogen and oxygen atoms in total. The molecule has 2 aromatic carbocycles. The number of benzene rings is 2. The van der Waals surface area contributed by atoms with E-state index in [1.165, 1.54) is 12.8 Å². The van der Waals surface area contributed by atoms with E-state index in [4.69, 9.17) is 9.47 Å². The van der Waals surface area contributed by atoms with Crippen molar-refractivity contribution >= 4 is 10.9 Å². The van der Waals surface area contributed by atoms with Crippen molar-refractivity contribution < 1.29 is 9.47 Å². The normalized spacial score (nSPS) is 15.4. The van der Waals surface area contributed by atoms with Gasteiger partial charge in [-0.3, -0.25) is 9.69 Å². The molecule has 0 unspecified atom stereocenters. The molecule has 9 heteroatoms. The molecule has 186 valence electrons. The molecule has 2 aromatic heterocycles. The molecule has 0 spiro atoms. The van der Waals surface area contributed by atoms with E-state index < -0.39 is 0 Å². The number of pyridine rings is 1. The molecule has 1 aliphatic heterocycles. The number of aryl methyl sites for hydroxylation is 2. The van der Waals surface area contributed by atoms with Crippen LogP contribution >= 0.6 is 0 Å². The Labute approximate surface area is 209 Å². The zero-order valence-electron chi connectivity index (χ0n) is 20.7. The van der Waals surface area contributed by atoms with E-state index in [9.17, 15) is 4.79 Å². The Bertz CT molecular complexity index is 1470. The Kier molecular flexibility index (Phi) is 5.92. The number of nitrogens with zero attached hydrogens (tertiary/aromatic N) is 5. The van der Waals surface area contributed by atoms with Crippen molar-refractivity contribution in [1.29, 1.82) is 0 Å². The van der Waals surface area contributed by atoms with Crippen LogP contribution in [0.15, 0.2) is 41.2 Å². The summed E-state index contributed by atoms with van der Waals surface area (Å²) < 4.78 is 13.0. The smallest absolute Gasteiger partial charge is 0.252 e. The van der Waals surface area contributed by atoms with Crippen LogP contribution in [0.25, 0.3) is 10.9 Å².